The third-order valence-electron chi connectivity index (χ3n) is 2.97. The van der Waals surface area contributed by atoms with Crippen molar-refractivity contribution in [3.63, 3.8) is 0 Å². The lowest BCUT2D eigenvalue weighted by Crippen LogP contribution is -2.17. The largest absolute Gasteiger partial charge is 0.325 e. The number of hydrogen-bond acceptors (Lipinski definition) is 2. The molecule has 0 saturated carbocycles. The molecule has 0 radical (unpaired) electrons. The smallest absolute Gasteiger partial charge is 0.0595 e. The minimum absolute atomic E-state index is 0. The fraction of sp³-hybridized carbons (Fsp3) is 0.533. The minimum atomic E-state index is 0. The summed E-state index contributed by atoms with van der Waals surface area (Å²) in [7, 11) is 0. The molecule has 0 fully saturated rings. The molecule has 0 saturated heterocycles. The van der Waals surface area contributed by atoms with E-state index in [1.807, 2.05) is 18.2 Å². The average Bonchev–Trinajstić information content (AvgIpc) is 2.41. The highest BCUT2D eigenvalue weighted by atomic mass is 35.5. The van der Waals surface area contributed by atoms with E-state index in [4.69, 9.17) is 28.9 Å². The van der Waals surface area contributed by atoms with Crippen molar-refractivity contribution in [3.05, 3.63) is 33.8 Å². The first-order chi connectivity index (χ1) is 9.17. The number of benzene rings is 1. The normalized spacial score (nSPS) is 10.8. The number of halogens is 4. The van der Waals surface area contributed by atoms with Gasteiger partial charge in [-0.3, -0.25) is 4.99 Å². The second-order valence-electron chi connectivity index (χ2n) is 4.64. The van der Waals surface area contributed by atoms with Crippen molar-refractivity contribution in [2.75, 3.05) is 13.1 Å². The Morgan fingerprint density at radius 2 is 1.81 bits per heavy atom. The van der Waals surface area contributed by atoms with Crippen LogP contribution in [0.5, 0.6) is 0 Å². The van der Waals surface area contributed by atoms with E-state index in [9.17, 15) is 0 Å². The van der Waals surface area contributed by atoms with Gasteiger partial charge in [0.15, 0.2) is 0 Å². The van der Waals surface area contributed by atoms with Crippen molar-refractivity contribution >= 4 is 53.7 Å². The number of hydrogen-bond donors (Lipinski definition) is 1. The third kappa shape index (κ3) is 9.59. The first-order valence-electron chi connectivity index (χ1n) is 6.83. The van der Waals surface area contributed by atoms with Crippen molar-refractivity contribution in [2.45, 2.75) is 39.0 Å². The lowest BCUT2D eigenvalue weighted by Gasteiger charge is -2.06. The van der Waals surface area contributed by atoms with Crippen molar-refractivity contribution < 1.29 is 0 Å². The SMILES string of the molecule is CCCCCCN=C(CN)Cc1ccc(Cl)c(Cl)c1.Cl.Cl. The highest BCUT2D eigenvalue weighted by molar-refractivity contribution is 6.42. The van der Waals surface area contributed by atoms with Crippen LogP contribution in [0.2, 0.25) is 10.0 Å². The molecule has 2 N–H and O–H groups in total. The molecule has 2 nitrogen and oxygen atoms in total. The highest BCUT2D eigenvalue weighted by Crippen LogP contribution is 2.22. The molecule has 0 bridgehead atoms. The monoisotopic (exact) mass is 372 g/mol. The number of nitrogens with zero attached hydrogens (tertiary/aromatic N) is 1. The molecule has 1 rings (SSSR count). The zero-order valence-electron chi connectivity index (χ0n) is 12.3. The lowest BCUT2D eigenvalue weighted by molar-refractivity contribution is 0.674. The quantitative estimate of drug-likeness (QED) is 0.483. The standard InChI is InChI=1S/C15H22Cl2N2.2ClH/c1-2-3-4-5-8-19-13(11-18)9-12-6-7-14(16)15(17)10-12;;/h6-7,10H,2-5,8-9,11,18H2,1H3;2*1H. The number of nitrogens with two attached hydrogens (primary N) is 1. The van der Waals surface area contributed by atoms with Gasteiger partial charge in [-0.1, -0.05) is 55.5 Å². The third-order valence-corrected chi connectivity index (χ3v) is 3.71. The topological polar surface area (TPSA) is 38.4 Å². The Bertz CT molecular complexity index is 422. The fourth-order valence-electron chi connectivity index (χ4n) is 1.85. The van der Waals surface area contributed by atoms with Crippen LogP contribution in [0.4, 0.5) is 0 Å². The van der Waals surface area contributed by atoms with E-state index in [2.05, 4.69) is 11.9 Å². The van der Waals surface area contributed by atoms with Gasteiger partial charge in [0.05, 0.1) is 10.0 Å². The molecule has 0 aliphatic rings. The van der Waals surface area contributed by atoms with Gasteiger partial charge in [-0.15, -0.1) is 24.8 Å². The van der Waals surface area contributed by atoms with Crippen molar-refractivity contribution in [2.24, 2.45) is 10.7 Å². The molecule has 0 unspecified atom stereocenters. The number of unbranched alkanes of at least 4 members (excludes halogenated alkanes) is 3. The molecule has 1 aromatic carbocycles. The van der Waals surface area contributed by atoms with Gasteiger partial charge in [-0.05, 0) is 24.1 Å². The zero-order valence-corrected chi connectivity index (χ0v) is 15.4. The predicted molar refractivity (Wildman–Crippen MR) is 100 cm³/mol. The second-order valence-corrected chi connectivity index (χ2v) is 5.45. The molecule has 0 aromatic heterocycles. The maximum absolute atomic E-state index is 6.00. The van der Waals surface area contributed by atoms with E-state index in [0.717, 1.165) is 30.7 Å². The van der Waals surface area contributed by atoms with Crippen molar-refractivity contribution in [1.29, 1.82) is 0 Å². The minimum Gasteiger partial charge on any atom is -0.325 e. The molecule has 122 valence electrons. The van der Waals surface area contributed by atoms with Gasteiger partial charge in [-0.2, -0.15) is 0 Å². The Morgan fingerprint density at radius 1 is 1.10 bits per heavy atom. The van der Waals surface area contributed by atoms with E-state index >= 15 is 0 Å². The van der Waals surface area contributed by atoms with Gasteiger partial charge in [-0.25, -0.2) is 0 Å². The lowest BCUT2D eigenvalue weighted by atomic mass is 10.1. The second kappa shape index (κ2) is 13.7. The van der Waals surface area contributed by atoms with Gasteiger partial charge >= 0.3 is 0 Å². The first-order valence-corrected chi connectivity index (χ1v) is 7.59. The van der Waals surface area contributed by atoms with E-state index in [1.165, 1.54) is 19.3 Å². The Kier molecular flexibility index (Phi) is 15.1. The molecular weight excluding hydrogens is 350 g/mol. The molecule has 0 aliphatic carbocycles. The van der Waals surface area contributed by atoms with Crippen LogP contribution >= 0.6 is 48.0 Å². The Morgan fingerprint density at radius 3 is 2.38 bits per heavy atom. The van der Waals surface area contributed by atoms with Crippen LogP contribution in [-0.4, -0.2) is 18.8 Å². The zero-order chi connectivity index (χ0) is 14.1. The summed E-state index contributed by atoms with van der Waals surface area (Å²) in [5, 5.41) is 1.16. The molecule has 6 heteroatoms. The van der Waals surface area contributed by atoms with Crippen LogP contribution < -0.4 is 5.73 Å². The predicted octanol–water partition coefficient (Wildman–Crippen LogP) is 5.36. The van der Waals surface area contributed by atoms with E-state index < -0.39 is 0 Å². The molecule has 1 aromatic rings. The summed E-state index contributed by atoms with van der Waals surface area (Å²) in [6.45, 7) is 3.57. The van der Waals surface area contributed by atoms with Crippen LogP contribution in [0, 0.1) is 0 Å². The van der Waals surface area contributed by atoms with Crippen LogP contribution in [0.25, 0.3) is 0 Å². The molecule has 0 heterocycles. The Balaban J connectivity index is 0. The summed E-state index contributed by atoms with van der Waals surface area (Å²) < 4.78 is 0. The van der Waals surface area contributed by atoms with E-state index in [1.54, 1.807) is 0 Å². The summed E-state index contributed by atoms with van der Waals surface area (Å²) in [5.74, 6) is 0. The first kappa shape index (κ1) is 23.3. The molecule has 0 atom stereocenters. The Hall–Kier alpha value is 0.01000. The fourth-order valence-corrected chi connectivity index (χ4v) is 2.17. The van der Waals surface area contributed by atoms with Crippen LogP contribution in [-0.2, 0) is 6.42 Å². The summed E-state index contributed by atoms with van der Waals surface area (Å²) in [6, 6.07) is 5.66. The maximum atomic E-state index is 6.00. The molecular formula is C15H24Cl4N2. The molecule has 0 amide bonds. The summed E-state index contributed by atoms with van der Waals surface area (Å²) in [4.78, 5) is 4.58. The number of aliphatic imine (C=N–C) groups is 1. The van der Waals surface area contributed by atoms with E-state index in [0.29, 0.717) is 16.6 Å². The molecule has 21 heavy (non-hydrogen) atoms. The maximum Gasteiger partial charge on any atom is 0.0595 e. The van der Waals surface area contributed by atoms with Crippen LogP contribution in [0.1, 0.15) is 38.2 Å². The van der Waals surface area contributed by atoms with Gasteiger partial charge in [0, 0.05) is 25.2 Å². The van der Waals surface area contributed by atoms with Crippen LogP contribution in [0.15, 0.2) is 23.2 Å². The van der Waals surface area contributed by atoms with Gasteiger partial charge < -0.3 is 5.73 Å². The summed E-state index contributed by atoms with van der Waals surface area (Å²) >= 11 is 11.9. The summed E-state index contributed by atoms with van der Waals surface area (Å²) in [5.41, 5.74) is 7.87. The van der Waals surface area contributed by atoms with E-state index in [-0.39, 0.29) is 24.8 Å². The van der Waals surface area contributed by atoms with Crippen molar-refractivity contribution in [1.82, 2.24) is 0 Å². The Labute approximate surface area is 150 Å². The number of rotatable bonds is 8. The highest BCUT2D eigenvalue weighted by Gasteiger charge is 2.03. The average molecular weight is 374 g/mol. The van der Waals surface area contributed by atoms with Gasteiger partial charge in [0.1, 0.15) is 0 Å². The molecule has 0 spiro atoms. The van der Waals surface area contributed by atoms with Gasteiger partial charge in [0.2, 0.25) is 0 Å². The van der Waals surface area contributed by atoms with Gasteiger partial charge in [0.25, 0.3) is 0 Å². The van der Waals surface area contributed by atoms with Crippen molar-refractivity contribution in [3.8, 4) is 0 Å². The van der Waals surface area contributed by atoms with Crippen LogP contribution in [0.3, 0.4) is 0 Å². The summed E-state index contributed by atoms with van der Waals surface area (Å²) in [6.07, 6.45) is 5.65. The molecule has 0 aliphatic heterocycles.